The van der Waals surface area contributed by atoms with Crippen molar-refractivity contribution in [2.45, 2.75) is 227 Å². The van der Waals surface area contributed by atoms with Gasteiger partial charge in [-0.2, -0.15) is 0 Å². The first kappa shape index (κ1) is 56.2. The minimum absolute atomic E-state index is 0.0564. The van der Waals surface area contributed by atoms with Crippen molar-refractivity contribution in [2.24, 2.45) is 40.4 Å². The maximum atomic E-state index is 12.1. The van der Waals surface area contributed by atoms with Gasteiger partial charge in [-0.15, -0.1) is 0 Å². The summed E-state index contributed by atoms with van der Waals surface area (Å²) in [5.41, 5.74) is 2.53. The standard InChI is InChI=1S/C51H82O22/c1-20(19-65-46-40(61)38(59)35(56)30(16-52)69-46)6-9-28-21(2)33-29(68-28)15-27-25-8-7-23-14-24(10-12-50(23,4)26(25)11-13-51(27,33)5)67-49-45(73-47-41(62)37(58)34(55)22(3)66-47)43(64)44(32(18-54)71-49)72-48-42(63)39(60)36(57)31(17-53)70-48/h7,20,22,24-27,29-49,52-64H,6,8-19H2,1-5H3/t20-,22+,24+,25-,26+,27+,29+,30-,31-,32-,33+,34+,35-,36-,37-,38+,39+,40-,41-,42-,43+,44+,45-,46-,47+,48+,49-,50+,51+/m1/s1. The van der Waals surface area contributed by atoms with Crippen molar-refractivity contribution in [3.63, 3.8) is 0 Å². The van der Waals surface area contributed by atoms with Crippen LogP contribution in [0.3, 0.4) is 0 Å². The van der Waals surface area contributed by atoms with Crippen molar-refractivity contribution < 1.29 is 109 Å². The smallest absolute Gasteiger partial charge is 0.187 e. The van der Waals surface area contributed by atoms with Gasteiger partial charge in [-0.25, -0.2) is 0 Å². The fraction of sp³-hybridized carbons (Fsp3) is 0.922. The lowest BCUT2D eigenvalue weighted by Gasteiger charge is -2.58. The van der Waals surface area contributed by atoms with Crippen molar-refractivity contribution >= 4 is 0 Å². The van der Waals surface area contributed by atoms with Crippen molar-refractivity contribution in [3.05, 3.63) is 23.0 Å². The third-order valence-corrected chi connectivity index (χ3v) is 18.9. The Morgan fingerprint density at radius 3 is 1.89 bits per heavy atom. The van der Waals surface area contributed by atoms with Crippen molar-refractivity contribution in [1.82, 2.24) is 0 Å². The first-order valence-corrected chi connectivity index (χ1v) is 26.5. The highest BCUT2D eigenvalue weighted by molar-refractivity contribution is 5.30. The number of hydrogen-bond acceptors (Lipinski definition) is 22. The third kappa shape index (κ3) is 10.2. The summed E-state index contributed by atoms with van der Waals surface area (Å²) in [5, 5.41) is 136. The van der Waals surface area contributed by atoms with Gasteiger partial charge in [-0.3, -0.25) is 0 Å². The van der Waals surface area contributed by atoms with E-state index in [1.807, 2.05) is 6.92 Å². The van der Waals surface area contributed by atoms with Crippen LogP contribution in [0.25, 0.3) is 0 Å². The van der Waals surface area contributed by atoms with Crippen LogP contribution in [0.2, 0.25) is 0 Å². The molecule has 9 aliphatic rings. The van der Waals surface area contributed by atoms with Crippen LogP contribution in [0.1, 0.15) is 92.4 Å². The molecule has 0 unspecified atom stereocenters. The molecule has 3 saturated carbocycles. The Hall–Kier alpha value is -1.56. The fourth-order valence-electron chi connectivity index (χ4n) is 14.5. The number of rotatable bonds is 15. The summed E-state index contributed by atoms with van der Waals surface area (Å²) in [6.45, 7) is 8.81. The van der Waals surface area contributed by atoms with Gasteiger partial charge in [-0.05, 0) is 105 Å². The Balaban J connectivity index is 0.852. The van der Waals surface area contributed by atoms with Crippen LogP contribution in [0, 0.1) is 40.4 Å². The van der Waals surface area contributed by atoms with Crippen LogP contribution in [0.5, 0.6) is 0 Å². The zero-order chi connectivity index (χ0) is 52.6. The Kier molecular flexibility index (Phi) is 17.2. The molecule has 0 amide bonds. The van der Waals surface area contributed by atoms with Crippen molar-refractivity contribution in [2.75, 3.05) is 26.4 Å². The van der Waals surface area contributed by atoms with Crippen molar-refractivity contribution in [1.29, 1.82) is 0 Å². The first-order valence-electron chi connectivity index (χ1n) is 26.5. The molecule has 22 heteroatoms. The summed E-state index contributed by atoms with van der Waals surface area (Å²) in [5.74, 6) is 2.73. The molecule has 13 N–H and O–H groups in total. The Bertz CT molecular complexity index is 1940. The maximum Gasteiger partial charge on any atom is 0.187 e. The Labute approximate surface area is 425 Å². The molecule has 0 aromatic carbocycles. The zero-order valence-corrected chi connectivity index (χ0v) is 42.3. The summed E-state index contributed by atoms with van der Waals surface area (Å²) < 4.78 is 54.6. The Morgan fingerprint density at radius 1 is 0.644 bits per heavy atom. The van der Waals surface area contributed by atoms with Crippen LogP contribution in [-0.2, 0) is 42.6 Å². The van der Waals surface area contributed by atoms with Gasteiger partial charge in [0.05, 0.1) is 44.4 Å². The summed E-state index contributed by atoms with van der Waals surface area (Å²) in [4.78, 5) is 0. The molecule has 22 nitrogen and oxygen atoms in total. The van der Waals surface area contributed by atoms with E-state index in [0.29, 0.717) is 36.5 Å². The molecule has 73 heavy (non-hydrogen) atoms. The number of allylic oxidation sites excluding steroid dienone is 2. The minimum Gasteiger partial charge on any atom is -0.494 e. The van der Waals surface area contributed by atoms with Crippen LogP contribution >= 0.6 is 0 Å². The molecule has 9 rings (SSSR count). The van der Waals surface area contributed by atoms with Crippen LogP contribution < -0.4 is 0 Å². The minimum atomic E-state index is -1.84. The quantitative estimate of drug-likeness (QED) is 0.0785. The van der Waals surface area contributed by atoms with E-state index in [9.17, 15) is 66.4 Å². The normalized spacial score (nSPS) is 52.4. The summed E-state index contributed by atoms with van der Waals surface area (Å²) in [6, 6.07) is 0. The molecular weight excluding hydrogens is 965 g/mol. The summed E-state index contributed by atoms with van der Waals surface area (Å²) in [7, 11) is 0. The van der Waals surface area contributed by atoms with E-state index in [4.69, 9.17) is 42.6 Å². The largest absolute Gasteiger partial charge is 0.494 e. The fourth-order valence-corrected chi connectivity index (χ4v) is 14.5. The molecule has 0 spiro atoms. The number of ether oxygens (including phenoxy) is 9. The highest BCUT2D eigenvalue weighted by Gasteiger charge is 2.64. The van der Waals surface area contributed by atoms with Gasteiger partial charge in [0.25, 0.3) is 0 Å². The highest BCUT2D eigenvalue weighted by atomic mass is 16.8. The van der Waals surface area contributed by atoms with Gasteiger partial charge in [-0.1, -0.05) is 32.4 Å². The lowest BCUT2D eigenvalue weighted by molar-refractivity contribution is -0.389. The number of aliphatic hydroxyl groups is 13. The first-order chi connectivity index (χ1) is 34.6. The molecule has 4 saturated heterocycles. The van der Waals surface area contributed by atoms with Crippen LogP contribution in [0.15, 0.2) is 23.0 Å². The van der Waals surface area contributed by atoms with Gasteiger partial charge < -0.3 is 109 Å². The second-order valence-electron chi connectivity index (χ2n) is 23.3. The van der Waals surface area contributed by atoms with Gasteiger partial charge in [0.15, 0.2) is 25.2 Å². The average Bonchev–Trinajstić information content (AvgIpc) is 3.86. The molecule has 0 aromatic heterocycles. The number of hydrogen-bond donors (Lipinski definition) is 13. The average molecular weight is 1050 g/mol. The second kappa shape index (κ2) is 22.3. The molecule has 418 valence electrons. The van der Waals surface area contributed by atoms with E-state index >= 15 is 0 Å². The van der Waals surface area contributed by atoms with E-state index < -0.39 is 149 Å². The van der Waals surface area contributed by atoms with Crippen molar-refractivity contribution in [3.8, 4) is 0 Å². The predicted molar refractivity (Wildman–Crippen MR) is 249 cm³/mol. The van der Waals surface area contributed by atoms with Gasteiger partial charge in [0.1, 0.15) is 97.7 Å². The summed E-state index contributed by atoms with van der Waals surface area (Å²) in [6.07, 6.45) is -20.5. The molecule has 0 bridgehead atoms. The molecule has 7 fully saturated rings. The Morgan fingerprint density at radius 2 is 1.23 bits per heavy atom. The van der Waals surface area contributed by atoms with E-state index in [1.165, 1.54) is 18.1 Å². The molecular formula is C51H82O22. The molecule has 5 aliphatic heterocycles. The highest BCUT2D eigenvalue weighted by Crippen LogP contribution is 2.69. The molecule has 29 atom stereocenters. The maximum absolute atomic E-state index is 12.1. The van der Waals surface area contributed by atoms with Crippen LogP contribution in [0.4, 0.5) is 0 Å². The second-order valence-corrected chi connectivity index (χ2v) is 23.3. The predicted octanol–water partition coefficient (Wildman–Crippen LogP) is -2.06. The van der Waals surface area contributed by atoms with E-state index in [-0.39, 0.29) is 29.5 Å². The third-order valence-electron chi connectivity index (χ3n) is 18.9. The van der Waals surface area contributed by atoms with E-state index in [2.05, 4.69) is 26.8 Å². The van der Waals surface area contributed by atoms with E-state index in [1.54, 1.807) is 0 Å². The van der Waals surface area contributed by atoms with Crippen LogP contribution in [-0.4, -0.2) is 228 Å². The number of fused-ring (bicyclic) bond motifs is 7. The molecule has 0 radical (unpaired) electrons. The molecule has 4 aliphatic carbocycles. The van der Waals surface area contributed by atoms with Gasteiger partial charge in [0, 0.05) is 12.3 Å². The van der Waals surface area contributed by atoms with E-state index in [0.717, 1.165) is 50.7 Å². The topological polar surface area (TPSA) is 346 Å². The zero-order valence-electron chi connectivity index (χ0n) is 42.3. The lowest BCUT2D eigenvalue weighted by Crippen LogP contribution is -2.67. The number of aliphatic hydroxyl groups excluding tert-OH is 13. The SMILES string of the molecule is CC1=C(CC[C@@H](C)CO[C@@H]2O[C@H](CO)[C@@H](O)[C@H](O)[C@H]2O)O[C@H]2C[C@H]3[C@@H]4CC=C5C[C@@H](O[C@@H]6O[C@H](CO)[C@H](O[C@@H]7O[C@H](CO)[C@@H](O)[C@H](O)[C@H]7O)[C@H](O)[C@H]6O[C@@H]6O[C@@H](C)[C@H](O)[C@@H](O)[C@H]6O)CC[C@]5(C)[C@H]4CC[C@]3(C)[C@@H]12. The molecule has 0 aromatic rings. The van der Waals surface area contributed by atoms with Gasteiger partial charge >= 0.3 is 0 Å². The lowest BCUT2D eigenvalue weighted by atomic mass is 9.47. The molecule has 5 heterocycles. The summed E-state index contributed by atoms with van der Waals surface area (Å²) >= 11 is 0. The monoisotopic (exact) mass is 1050 g/mol. The van der Waals surface area contributed by atoms with Gasteiger partial charge in [0.2, 0.25) is 0 Å².